The summed E-state index contributed by atoms with van der Waals surface area (Å²) in [6, 6.07) is 18.2. The highest BCUT2D eigenvalue weighted by molar-refractivity contribution is 5.54. The van der Waals surface area contributed by atoms with E-state index in [0.29, 0.717) is 18.3 Å². The van der Waals surface area contributed by atoms with Crippen LogP contribution >= 0.6 is 0 Å². The number of nitrogens with zero attached hydrogens (tertiary/aromatic N) is 8. The molecule has 3 heterocycles. The molecule has 0 bridgehead atoms. The van der Waals surface area contributed by atoms with E-state index in [-0.39, 0.29) is 6.04 Å². The Morgan fingerprint density at radius 2 is 1.72 bits per heavy atom. The third kappa shape index (κ3) is 4.30. The molecule has 1 atom stereocenters. The maximum atomic E-state index is 5.59. The van der Waals surface area contributed by atoms with Crippen LogP contribution in [0.3, 0.4) is 0 Å². The van der Waals surface area contributed by atoms with Gasteiger partial charge in [0.1, 0.15) is 0 Å². The molecule has 32 heavy (non-hydrogen) atoms. The van der Waals surface area contributed by atoms with Crippen molar-refractivity contribution in [2.24, 2.45) is 0 Å². The molecule has 9 nitrogen and oxygen atoms in total. The Morgan fingerprint density at radius 1 is 0.969 bits per heavy atom. The first-order chi connectivity index (χ1) is 15.7. The molecule has 0 N–H and O–H groups in total. The van der Waals surface area contributed by atoms with Crippen LogP contribution in [-0.2, 0) is 6.54 Å². The molecule has 0 spiro atoms. The Hall–Kier alpha value is -3.43. The molecule has 0 aliphatic carbocycles. The van der Waals surface area contributed by atoms with Gasteiger partial charge in [-0.2, -0.15) is 9.67 Å². The van der Waals surface area contributed by atoms with Gasteiger partial charge in [0.05, 0.1) is 18.3 Å². The summed E-state index contributed by atoms with van der Waals surface area (Å²) in [6.45, 7) is 8.57. The molecule has 1 aliphatic heterocycles. The molecule has 1 saturated heterocycles. The second-order valence-corrected chi connectivity index (χ2v) is 8.15. The van der Waals surface area contributed by atoms with Gasteiger partial charge in [-0.15, -0.1) is 5.10 Å². The van der Waals surface area contributed by atoms with E-state index < -0.39 is 0 Å². The summed E-state index contributed by atoms with van der Waals surface area (Å²) in [5.41, 5.74) is 3.15. The fraction of sp³-hybridized carbons (Fsp3) is 0.348. The van der Waals surface area contributed by atoms with Gasteiger partial charge >= 0.3 is 0 Å². The number of benzene rings is 2. The first-order valence-corrected chi connectivity index (χ1v) is 10.9. The number of aryl methyl sites for hydroxylation is 1. The number of hydrogen-bond acceptors (Lipinski definition) is 8. The van der Waals surface area contributed by atoms with Crippen molar-refractivity contribution < 1.29 is 4.52 Å². The maximum absolute atomic E-state index is 5.59. The van der Waals surface area contributed by atoms with E-state index in [9.17, 15) is 0 Å². The standard InChI is InChI=1S/C23H26N8O/c1-17-8-10-19(11-9-17)22-24-23(32-26-22)18(2)30-14-12-29(13-15-30)16-21-25-27-28-31(21)20-6-4-3-5-7-20/h3-11,18H,12-16H2,1-2H3. The van der Waals surface area contributed by atoms with Gasteiger partial charge < -0.3 is 4.52 Å². The summed E-state index contributed by atoms with van der Waals surface area (Å²) in [6.07, 6.45) is 0. The smallest absolute Gasteiger partial charge is 0.244 e. The normalized spacial score (nSPS) is 16.3. The zero-order valence-corrected chi connectivity index (χ0v) is 18.3. The van der Waals surface area contributed by atoms with Crippen LogP contribution in [0.1, 0.15) is 30.2 Å². The third-order valence-electron chi connectivity index (χ3n) is 5.96. The highest BCUT2D eigenvalue weighted by atomic mass is 16.5. The quantitative estimate of drug-likeness (QED) is 0.461. The lowest BCUT2D eigenvalue weighted by atomic mass is 10.1. The largest absolute Gasteiger partial charge is 0.337 e. The van der Waals surface area contributed by atoms with Gasteiger partial charge in [0.2, 0.25) is 11.7 Å². The lowest BCUT2D eigenvalue weighted by Gasteiger charge is -2.36. The molecule has 2 aromatic carbocycles. The fourth-order valence-electron chi connectivity index (χ4n) is 3.96. The van der Waals surface area contributed by atoms with Crippen molar-refractivity contribution in [3.05, 3.63) is 71.9 Å². The number of hydrogen-bond donors (Lipinski definition) is 0. The summed E-state index contributed by atoms with van der Waals surface area (Å²) in [5.74, 6) is 2.14. The van der Waals surface area contributed by atoms with Crippen LogP contribution in [0.15, 0.2) is 59.1 Å². The molecule has 0 amide bonds. The van der Waals surface area contributed by atoms with Crippen molar-refractivity contribution in [2.75, 3.05) is 26.2 Å². The van der Waals surface area contributed by atoms with E-state index >= 15 is 0 Å². The van der Waals surface area contributed by atoms with E-state index in [1.54, 1.807) is 4.68 Å². The van der Waals surface area contributed by atoms with E-state index in [1.165, 1.54) is 5.56 Å². The van der Waals surface area contributed by atoms with E-state index in [2.05, 4.69) is 61.4 Å². The van der Waals surface area contributed by atoms with Gasteiger partial charge in [-0.25, -0.2) is 0 Å². The van der Waals surface area contributed by atoms with Crippen molar-refractivity contribution in [3.63, 3.8) is 0 Å². The molecule has 9 heteroatoms. The molecule has 0 saturated carbocycles. The van der Waals surface area contributed by atoms with Crippen LogP contribution in [-0.4, -0.2) is 66.3 Å². The predicted octanol–water partition coefficient (Wildman–Crippen LogP) is 2.90. The Bertz CT molecular complexity index is 1150. The van der Waals surface area contributed by atoms with Crippen LogP contribution in [0, 0.1) is 6.92 Å². The van der Waals surface area contributed by atoms with Gasteiger partial charge in [-0.3, -0.25) is 9.80 Å². The minimum atomic E-state index is 0.0680. The Balaban J connectivity index is 1.19. The van der Waals surface area contributed by atoms with Crippen molar-refractivity contribution in [1.82, 2.24) is 40.1 Å². The number of tetrazole rings is 1. The SMILES string of the molecule is Cc1ccc(-c2noc(C(C)N3CCN(Cc4nnnn4-c4ccccc4)CC3)n2)cc1. The number of aromatic nitrogens is 6. The second kappa shape index (κ2) is 8.97. The number of para-hydroxylation sites is 1. The van der Waals surface area contributed by atoms with Crippen LogP contribution < -0.4 is 0 Å². The molecule has 5 rings (SSSR count). The van der Waals surface area contributed by atoms with Crippen molar-refractivity contribution in [1.29, 1.82) is 0 Å². The van der Waals surface area contributed by atoms with Gasteiger partial charge in [-0.1, -0.05) is 53.2 Å². The second-order valence-electron chi connectivity index (χ2n) is 8.15. The van der Waals surface area contributed by atoms with Gasteiger partial charge in [-0.05, 0) is 36.4 Å². The first-order valence-electron chi connectivity index (χ1n) is 10.9. The number of rotatable bonds is 6. The molecule has 0 radical (unpaired) electrons. The molecule has 1 unspecified atom stereocenters. The zero-order valence-electron chi connectivity index (χ0n) is 18.3. The van der Waals surface area contributed by atoms with E-state index in [0.717, 1.165) is 43.3 Å². The summed E-state index contributed by atoms with van der Waals surface area (Å²) < 4.78 is 7.40. The van der Waals surface area contributed by atoms with Crippen molar-refractivity contribution in [2.45, 2.75) is 26.4 Å². The molecule has 4 aromatic rings. The lowest BCUT2D eigenvalue weighted by Crippen LogP contribution is -2.47. The highest BCUT2D eigenvalue weighted by Crippen LogP contribution is 2.24. The van der Waals surface area contributed by atoms with Gasteiger partial charge in [0, 0.05) is 31.7 Å². The topological polar surface area (TPSA) is 89.0 Å². The highest BCUT2D eigenvalue weighted by Gasteiger charge is 2.27. The first kappa shape index (κ1) is 20.5. The molecule has 164 valence electrons. The van der Waals surface area contributed by atoms with Gasteiger partial charge in [0.15, 0.2) is 5.82 Å². The Labute approximate surface area is 186 Å². The minimum absolute atomic E-state index is 0.0680. The summed E-state index contributed by atoms with van der Waals surface area (Å²) in [5, 5.41) is 16.5. The van der Waals surface area contributed by atoms with Crippen molar-refractivity contribution in [3.8, 4) is 17.1 Å². The average Bonchev–Trinajstić information content (AvgIpc) is 3.50. The van der Waals surface area contributed by atoms with E-state index in [1.807, 2.05) is 42.5 Å². The summed E-state index contributed by atoms with van der Waals surface area (Å²) in [4.78, 5) is 9.40. The maximum Gasteiger partial charge on any atom is 0.244 e. The van der Waals surface area contributed by atoms with Crippen molar-refractivity contribution >= 4 is 0 Å². The van der Waals surface area contributed by atoms with Gasteiger partial charge in [0.25, 0.3) is 0 Å². The zero-order chi connectivity index (χ0) is 21.9. The van der Waals surface area contributed by atoms with Crippen LogP contribution in [0.5, 0.6) is 0 Å². The molecule has 2 aromatic heterocycles. The average molecular weight is 431 g/mol. The van der Waals surface area contributed by atoms with E-state index in [4.69, 9.17) is 4.52 Å². The fourth-order valence-corrected chi connectivity index (χ4v) is 3.96. The van der Waals surface area contributed by atoms with Crippen LogP contribution in [0.2, 0.25) is 0 Å². The van der Waals surface area contributed by atoms with Crippen LogP contribution in [0.4, 0.5) is 0 Å². The lowest BCUT2D eigenvalue weighted by molar-refractivity contribution is 0.0827. The number of piperazine rings is 1. The van der Waals surface area contributed by atoms with Crippen LogP contribution in [0.25, 0.3) is 17.1 Å². The summed E-state index contributed by atoms with van der Waals surface area (Å²) in [7, 11) is 0. The minimum Gasteiger partial charge on any atom is -0.337 e. The Kier molecular flexibility index (Phi) is 5.74. The predicted molar refractivity (Wildman–Crippen MR) is 119 cm³/mol. The third-order valence-corrected chi connectivity index (χ3v) is 5.96. The summed E-state index contributed by atoms with van der Waals surface area (Å²) >= 11 is 0. The Morgan fingerprint density at radius 3 is 2.47 bits per heavy atom. The molecule has 1 aliphatic rings. The monoisotopic (exact) mass is 430 g/mol. The molecular weight excluding hydrogens is 404 g/mol. The molecular formula is C23H26N8O. The molecule has 1 fully saturated rings.